The third-order valence-corrected chi connectivity index (χ3v) is 12.1. The summed E-state index contributed by atoms with van der Waals surface area (Å²) in [6.45, 7) is 4.83. The Morgan fingerprint density at radius 3 is 1.29 bits per heavy atom. The summed E-state index contributed by atoms with van der Waals surface area (Å²) < 4.78 is 0. The van der Waals surface area contributed by atoms with Crippen LogP contribution in [0.5, 0.6) is 0 Å². The van der Waals surface area contributed by atoms with Gasteiger partial charge in [-0.05, 0) is 137 Å². The molecule has 56 heavy (non-hydrogen) atoms. The van der Waals surface area contributed by atoms with Gasteiger partial charge in [-0.2, -0.15) is 0 Å². The van der Waals surface area contributed by atoms with Gasteiger partial charge in [-0.1, -0.05) is 117 Å². The lowest BCUT2D eigenvalue weighted by molar-refractivity contribution is 0.474. The molecule has 1 spiro atoms. The van der Waals surface area contributed by atoms with E-state index in [1.165, 1.54) is 38.9 Å². The smallest absolute Gasteiger partial charge is 0.0702 e. The van der Waals surface area contributed by atoms with E-state index in [1.807, 2.05) is 12.3 Å². The van der Waals surface area contributed by atoms with E-state index in [0.717, 1.165) is 52.7 Å². The van der Waals surface area contributed by atoms with Crippen LogP contribution in [-0.4, -0.2) is 4.98 Å². The van der Waals surface area contributed by atoms with Crippen molar-refractivity contribution in [3.8, 4) is 11.3 Å². The SMILES string of the molecule is CC1(C)c2ccc(N(c3ccccc3)c3ccccc3)cc2C2(Cc3ccc(-c4ccccn4)cc3C2)c2cc(N(c3ccccc3)c3ccccc3)ccc21. The number of aromatic nitrogens is 1. The van der Waals surface area contributed by atoms with Gasteiger partial charge in [0.1, 0.15) is 0 Å². The number of rotatable bonds is 7. The Morgan fingerprint density at radius 2 is 0.839 bits per heavy atom. The number of anilines is 6. The van der Waals surface area contributed by atoms with Gasteiger partial charge in [-0.15, -0.1) is 0 Å². The zero-order valence-electron chi connectivity index (χ0n) is 31.8. The summed E-state index contributed by atoms with van der Waals surface area (Å²) in [5, 5.41) is 0. The number of fused-ring (bicyclic) bond motifs is 5. The fourth-order valence-corrected chi connectivity index (χ4v) is 9.47. The Bertz CT molecular complexity index is 2440. The number of pyridine rings is 1. The molecule has 0 fully saturated rings. The van der Waals surface area contributed by atoms with Crippen molar-refractivity contribution in [3.63, 3.8) is 0 Å². The van der Waals surface area contributed by atoms with Crippen LogP contribution in [0.2, 0.25) is 0 Å². The number of hydrogen-bond donors (Lipinski definition) is 0. The first kappa shape index (κ1) is 33.8. The topological polar surface area (TPSA) is 19.4 Å². The molecular formula is C53H43N3. The standard InChI is InChI=1S/C53H43N3/c1-52(2)47-30-28-45(55(41-17-7-3-8-18-41)42-19-9-4-10-20-42)34-49(47)53(36-39-27-26-38(33-40(39)37-53)51-25-15-16-32-54-51)50-35-46(29-31-48(50)52)56(43-21-11-5-12-22-43)44-23-13-6-14-24-44/h3-35H,36-37H2,1-2H3. The van der Waals surface area contributed by atoms with Crippen LogP contribution < -0.4 is 9.80 Å². The van der Waals surface area contributed by atoms with E-state index in [2.05, 4.69) is 212 Å². The van der Waals surface area contributed by atoms with E-state index < -0.39 is 0 Å². The van der Waals surface area contributed by atoms with E-state index >= 15 is 0 Å². The summed E-state index contributed by atoms with van der Waals surface area (Å²) in [5.74, 6) is 0. The van der Waals surface area contributed by atoms with Gasteiger partial charge in [0, 0.05) is 56.7 Å². The zero-order chi connectivity index (χ0) is 37.7. The van der Waals surface area contributed by atoms with Crippen LogP contribution in [0.25, 0.3) is 11.3 Å². The van der Waals surface area contributed by atoms with Gasteiger partial charge in [0.2, 0.25) is 0 Å². The molecule has 2 aliphatic rings. The van der Waals surface area contributed by atoms with Crippen molar-refractivity contribution >= 4 is 34.1 Å². The maximum absolute atomic E-state index is 4.74. The fourth-order valence-electron chi connectivity index (χ4n) is 9.47. The monoisotopic (exact) mass is 721 g/mol. The lowest BCUT2D eigenvalue weighted by Gasteiger charge is -2.46. The second kappa shape index (κ2) is 13.5. The Hall–Kier alpha value is -6.71. The summed E-state index contributed by atoms with van der Waals surface area (Å²) >= 11 is 0. The Balaban J connectivity index is 1.21. The molecule has 0 saturated carbocycles. The number of benzene rings is 7. The molecule has 0 radical (unpaired) electrons. The van der Waals surface area contributed by atoms with Crippen LogP contribution in [0.3, 0.4) is 0 Å². The van der Waals surface area contributed by atoms with E-state index in [4.69, 9.17) is 4.98 Å². The lowest BCUT2D eigenvalue weighted by Crippen LogP contribution is -2.41. The van der Waals surface area contributed by atoms with Gasteiger partial charge in [-0.3, -0.25) is 4.98 Å². The Kier molecular flexibility index (Phi) is 8.18. The first-order chi connectivity index (χ1) is 27.5. The van der Waals surface area contributed by atoms with Crippen LogP contribution in [0.4, 0.5) is 34.1 Å². The van der Waals surface area contributed by atoms with Crippen molar-refractivity contribution < 1.29 is 0 Å². The molecule has 0 N–H and O–H groups in total. The van der Waals surface area contributed by atoms with Crippen LogP contribution in [0.1, 0.15) is 47.2 Å². The predicted octanol–water partition coefficient (Wildman–Crippen LogP) is 13.4. The van der Waals surface area contributed by atoms with Gasteiger partial charge in [0.25, 0.3) is 0 Å². The second-order valence-corrected chi connectivity index (χ2v) is 15.7. The molecule has 0 amide bonds. The summed E-state index contributed by atoms with van der Waals surface area (Å²) in [5.41, 5.74) is 16.9. The molecule has 0 aliphatic heterocycles. The van der Waals surface area contributed by atoms with Crippen molar-refractivity contribution in [2.24, 2.45) is 0 Å². The van der Waals surface area contributed by atoms with Crippen molar-refractivity contribution in [3.05, 3.63) is 234 Å². The average molecular weight is 722 g/mol. The highest BCUT2D eigenvalue weighted by molar-refractivity contribution is 5.81. The normalized spacial score (nSPS) is 14.4. The number of nitrogens with zero attached hydrogens (tertiary/aromatic N) is 3. The largest absolute Gasteiger partial charge is 0.310 e. The van der Waals surface area contributed by atoms with E-state index in [0.29, 0.717) is 0 Å². The summed E-state index contributed by atoms with van der Waals surface area (Å²) in [6, 6.07) is 70.8. The van der Waals surface area contributed by atoms with Gasteiger partial charge >= 0.3 is 0 Å². The van der Waals surface area contributed by atoms with Crippen molar-refractivity contribution in [2.45, 2.75) is 37.5 Å². The zero-order valence-corrected chi connectivity index (χ0v) is 31.8. The molecule has 270 valence electrons. The lowest BCUT2D eigenvalue weighted by atomic mass is 9.57. The highest BCUT2D eigenvalue weighted by atomic mass is 15.1. The van der Waals surface area contributed by atoms with Gasteiger partial charge in [0.15, 0.2) is 0 Å². The molecule has 0 saturated heterocycles. The molecule has 7 aromatic carbocycles. The molecule has 3 heteroatoms. The minimum atomic E-state index is -0.296. The molecule has 10 rings (SSSR count). The van der Waals surface area contributed by atoms with Crippen LogP contribution >= 0.6 is 0 Å². The van der Waals surface area contributed by atoms with Gasteiger partial charge in [0.05, 0.1) is 5.69 Å². The highest BCUT2D eigenvalue weighted by Crippen LogP contribution is 2.57. The van der Waals surface area contributed by atoms with E-state index in [-0.39, 0.29) is 10.8 Å². The maximum Gasteiger partial charge on any atom is 0.0702 e. The molecule has 3 nitrogen and oxygen atoms in total. The van der Waals surface area contributed by atoms with Crippen LogP contribution in [-0.2, 0) is 23.7 Å². The third kappa shape index (κ3) is 5.62. The average Bonchev–Trinajstić information content (AvgIpc) is 3.65. The quantitative estimate of drug-likeness (QED) is 0.163. The molecule has 1 heterocycles. The molecule has 2 aliphatic carbocycles. The molecule has 1 aromatic heterocycles. The van der Waals surface area contributed by atoms with E-state index in [1.54, 1.807) is 0 Å². The Morgan fingerprint density at radius 1 is 0.393 bits per heavy atom. The Labute approximate surface area is 330 Å². The summed E-state index contributed by atoms with van der Waals surface area (Å²) in [6.07, 6.45) is 3.71. The summed E-state index contributed by atoms with van der Waals surface area (Å²) in [7, 11) is 0. The van der Waals surface area contributed by atoms with Crippen molar-refractivity contribution in [2.75, 3.05) is 9.80 Å². The van der Waals surface area contributed by atoms with Crippen LogP contribution in [0, 0.1) is 0 Å². The first-order valence-electron chi connectivity index (χ1n) is 19.6. The van der Waals surface area contributed by atoms with Crippen molar-refractivity contribution in [1.82, 2.24) is 4.98 Å². The predicted molar refractivity (Wildman–Crippen MR) is 232 cm³/mol. The molecule has 0 unspecified atom stereocenters. The minimum Gasteiger partial charge on any atom is -0.310 e. The second-order valence-electron chi connectivity index (χ2n) is 15.7. The highest BCUT2D eigenvalue weighted by Gasteiger charge is 2.50. The van der Waals surface area contributed by atoms with E-state index in [9.17, 15) is 0 Å². The van der Waals surface area contributed by atoms with Crippen LogP contribution in [0.15, 0.2) is 200 Å². The third-order valence-electron chi connectivity index (χ3n) is 12.1. The number of hydrogen-bond acceptors (Lipinski definition) is 3. The molecule has 0 atom stereocenters. The molecule has 8 aromatic rings. The van der Waals surface area contributed by atoms with Crippen molar-refractivity contribution in [1.29, 1.82) is 0 Å². The maximum atomic E-state index is 4.74. The summed E-state index contributed by atoms with van der Waals surface area (Å²) in [4.78, 5) is 9.54. The van der Waals surface area contributed by atoms with Gasteiger partial charge < -0.3 is 9.80 Å². The first-order valence-corrected chi connectivity index (χ1v) is 19.6. The minimum absolute atomic E-state index is 0.227. The van der Waals surface area contributed by atoms with Gasteiger partial charge in [-0.25, -0.2) is 0 Å². The number of para-hydroxylation sites is 4. The molecular weight excluding hydrogens is 679 g/mol. The fraction of sp³-hybridized carbons (Fsp3) is 0.113. The molecule has 0 bridgehead atoms.